The Balaban J connectivity index is 1.45. The van der Waals surface area contributed by atoms with Crippen molar-refractivity contribution in [2.45, 2.75) is 26.3 Å². The Hall–Kier alpha value is -3.60. The van der Waals surface area contributed by atoms with E-state index in [0.29, 0.717) is 6.54 Å². The molecule has 1 N–H and O–H groups in total. The highest BCUT2D eigenvalue weighted by molar-refractivity contribution is 5.95. The molecule has 0 fully saturated rings. The Morgan fingerprint density at radius 3 is 2.52 bits per heavy atom. The molecule has 0 aliphatic carbocycles. The smallest absolute Gasteiger partial charge is 0.251 e. The van der Waals surface area contributed by atoms with Gasteiger partial charge in [0.05, 0.1) is 18.1 Å². The fourth-order valence-electron chi connectivity index (χ4n) is 3.78. The Bertz CT molecular complexity index is 1180. The maximum Gasteiger partial charge on any atom is 0.251 e. The van der Waals surface area contributed by atoms with Gasteiger partial charge in [-0.3, -0.25) is 4.79 Å². The van der Waals surface area contributed by atoms with Gasteiger partial charge in [0.15, 0.2) is 0 Å². The first kappa shape index (κ1) is 20.7. The zero-order valence-electron chi connectivity index (χ0n) is 18.0. The lowest BCUT2D eigenvalue weighted by Crippen LogP contribution is -2.25. The van der Waals surface area contributed by atoms with Crippen molar-refractivity contribution in [2.24, 2.45) is 0 Å². The highest BCUT2D eigenvalue weighted by Crippen LogP contribution is 2.20. The number of ether oxygens (including phenoxy) is 1. The molecule has 0 bridgehead atoms. The summed E-state index contributed by atoms with van der Waals surface area (Å²) < 4.78 is 7.53. The van der Waals surface area contributed by atoms with Crippen LogP contribution in [-0.2, 0) is 13.0 Å². The van der Waals surface area contributed by atoms with Crippen LogP contribution in [0.3, 0.4) is 0 Å². The summed E-state index contributed by atoms with van der Waals surface area (Å²) in [6, 6.07) is 24.0. The molecule has 0 radical (unpaired) electrons. The van der Waals surface area contributed by atoms with E-state index >= 15 is 0 Å². The number of benzene rings is 3. The molecular formula is C26H27N3O2. The van der Waals surface area contributed by atoms with Gasteiger partial charge in [-0.15, -0.1) is 0 Å². The minimum Gasteiger partial charge on any atom is -0.497 e. The molecule has 0 aliphatic heterocycles. The Morgan fingerprint density at radius 1 is 1.00 bits per heavy atom. The van der Waals surface area contributed by atoms with Crippen molar-refractivity contribution in [3.05, 3.63) is 95.3 Å². The first-order chi connectivity index (χ1) is 15.2. The number of hydrogen-bond acceptors (Lipinski definition) is 3. The molecule has 1 amide bonds. The van der Waals surface area contributed by atoms with Crippen LogP contribution in [0.15, 0.2) is 72.8 Å². The van der Waals surface area contributed by atoms with E-state index in [1.807, 2.05) is 61.5 Å². The van der Waals surface area contributed by atoms with E-state index in [-0.39, 0.29) is 5.91 Å². The molecule has 158 valence electrons. The predicted molar refractivity (Wildman–Crippen MR) is 124 cm³/mol. The third kappa shape index (κ3) is 4.77. The second kappa shape index (κ2) is 9.47. The van der Waals surface area contributed by atoms with Gasteiger partial charge in [0.25, 0.3) is 5.91 Å². The largest absolute Gasteiger partial charge is 0.497 e. The van der Waals surface area contributed by atoms with Crippen LogP contribution in [0.1, 0.15) is 33.7 Å². The van der Waals surface area contributed by atoms with Gasteiger partial charge in [-0.1, -0.05) is 42.5 Å². The third-order valence-corrected chi connectivity index (χ3v) is 5.49. The van der Waals surface area contributed by atoms with Crippen molar-refractivity contribution in [3.8, 4) is 5.75 Å². The van der Waals surface area contributed by atoms with Crippen LogP contribution >= 0.6 is 0 Å². The summed E-state index contributed by atoms with van der Waals surface area (Å²) in [6.07, 6.45) is 1.61. The Morgan fingerprint density at radius 2 is 1.74 bits per heavy atom. The number of fused-ring (bicyclic) bond motifs is 1. The second-order valence-electron chi connectivity index (χ2n) is 7.63. The highest BCUT2D eigenvalue weighted by atomic mass is 16.5. The number of para-hydroxylation sites is 2. The summed E-state index contributed by atoms with van der Waals surface area (Å²) >= 11 is 0. The third-order valence-electron chi connectivity index (χ3n) is 5.49. The zero-order chi connectivity index (χ0) is 21.6. The summed E-state index contributed by atoms with van der Waals surface area (Å²) in [6.45, 7) is 3.31. The monoisotopic (exact) mass is 413 g/mol. The lowest BCUT2D eigenvalue weighted by molar-refractivity contribution is 0.0952. The van der Waals surface area contributed by atoms with Crippen molar-refractivity contribution in [1.82, 2.24) is 14.9 Å². The average molecular weight is 414 g/mol. The Kier molecular flexibility index (Phi) is 6.32. The maximum atomic E-state index is 12.4. The minimum atomic E-state index is -0.0233. The van der Waals surface area contributed by atoms with E-state index in [0.717, 1.165) is 53.1 Å². The minimum absolute atomic E-state index is 0.0233. The van der Waals surface area contributed by atoms with Crippen molar-refractivity contribution < 1.29 is 9.53 Å². The molecule has 5 heteroatoms. The number of aromatic nitrogens is 2. The number of amides is 1. The van der Waals surface area contributed by atoms with Gasteiger partial charge in [-0.05, 0) is 54.8 Å². The molecule has 5 nitrogen and oxygen atoms in total. The van der Waals surface area contributed by atoms with Crippen molar-refractivity contribution in [1.29, 1.82) is 0 Å². The van der Waals surface area contributed by atoms with Crippen LogP contribution in [-0.4, -0.2) is 29.1 Å². The van der Waals surface area contributed by atoms with Gasteiger partial charge in [-0.2, -0.15) is 0 Å². The average Bonchev–Trinajstić information content (AvgIpc) is 3.14. The molecule has 0 saturated carbocycles. The molecule has 1 heterocycles. The van der Waals surface area contributed by atoms with Crippen LogP contribution in [0.4, 0.5) is 0 Å². The molecule has 4 rings (SSSR count). The number of aryl methyl sites for hydroxylation is 2. The second-order valence-corrected chi connectivity index (χ2v) is 7.63. The molecule has 0 spiro atoms. The van der Waals surface area contributed by atoms with Crippen molar-refractivity contribution >= 4 is 16.9 Å². The van der Waals surface area contributed by atoms with Crippen LogP contribution in [0.25, 0.3) is 11.0 Å². The molecule has 0 unspecified atom stereocenters. The fourth-order valence-corrected chi connectivity index (χ4v) is 3.78. The molecule has 1 aromatic heterocycles. The van der Waals surface area contributed by atoms with E-state index in [2.05, 4.69) is 28.1 Å². The van der Waals surface area contributed by atoms with Gasteiger partial charge >= 0.3 is 0 Å². The molecule has 0 aliphatic rings. The summed E-state index contributed by atoms with van der Waals surface area (Å²) in [7, 11) is 1.67. The summed E-state index contributed by atoms with van der Waals surface area (Å²) in [5.74, 6) is 1.86. The lowest BCUT2D eigenvalue weighted by Gasteiger charge is -2.11. The van der Waals surface area contributed by atoms with Crippen molar-refractivity contribution in [3.63, 3.8) is 0 Å². The van der Waals surface area contributed by atoms with Gasteiger partial charge < -0.3 is 14.6 Å². The fraction of sp³-hybridized carbons (Fsp3) is 0.231. The van der Waals surface area contributed by atoms with E-state index in [4.69, 9.17) is 9.72 Å². The topological polar surface area (TPSA) is 56.1 Å². The number of rotatable bonds is 8. The molecule has 31 heavy (non-hydrogen) atoms. The van der Waals surface area contributed by atoms with E-state index in [9.17, 15) is 4.79 Å². The first-order valence-corrected chi connectivity index (χ1v) is 10.6. The number of carbonyl (C=O) groups excluding carboxylic acids is 1. The van der Waals surface area contributed by atoms with E-state index < -0.39 is 0 Å². The number of carbonyl (C=O) groups is 1. The van der Waals surface area contributed by atoms with E-state index in [1.54, 1.807) is 7.11 Å². The SMILES string of the molecule is COc1ccc(Cn2c(CCCNC(=O)c3ccccc3C)nc3ccccc32)cc1. The van der Waals surface area contributed by atoms with Gasteiger partial charge in [0, 0.05) is 25.1 Å². The zero-order valence-corrected chi connectivity index (χ0v) is 18.0. The normalized spacial score (nSPS) is 10.9. The Labute approximate surface area is 182 Å². The maximum absolute atomic E-state index is 12.4. The molecular weight excluding hydrogens is 386 g/mol. The van der Waals surface area contributed by atoms with E-state index in [1.165, 1.54) is 5.56 Å². The molecule has 0 atom stereocenters. The predicted octanol–water partition coefficient (Wildman–Crippen LogP) is 4.76. The summed E-state index contributed by atoms with van der Waals surface area (Å²) in [4.78, 5) is 17.3. The van der Waals surface area contributed by atoms with Gasteiger partial charge in [-0.25, -0.2) is 4.98 Å². The summed E-state index contributed by atoms with van der Waals surface area (Å²) in [5.41, 5.74) is 5.03. The highest BCUT2D eigenvalue weighted by Gasteiger charge is 2.12. The van der Waals surface area contributed by atoms with Crippen molar-refractivity contribution in [2.75, 3.05) is 13.7 Å². The van der Waals surface area contributed by atoms with Crippen LogP contribution in [0.5, 0.6) is 5.75 Å². The molecule has 4 aromatic rings. The first-order valence-electron chi connectivity index (χ1n) is 10.6. The van der Waals surface area contributed by atoms with Crippen LogP contribution in [0, 0.1) is 6.92 Å². The van der Waals surface area contributed by atoms with Crippen LogP contribution < -0.4 is 10.1 Å². The summed E-state index contributed by atoms with van der Waals surface area (Å²) in [5, 5.41) is 3.04. The lowest BCUT2D eigenvalue weighted by atomic mass is 10.1. The van der Waals surface area contributed by atoms with Gasteiger partial charge in [0.1, 0.15) is 11.6 Å². The number of methoxy groups -OCH3 is 1. The number of nitrogens with zero attached hydrogens (tertiary/aromatic N) is 2. The quantitative estimate of drug-likeness (QED) is 0.424. The molecule has 0 saturated heterocycles. The van der Waals surface area contributed by atoms with Gasteiger partial charge in [0.2, 0.25) is 0 Å². The number of hydrogen-bond donors (Lipinski definition) is 1. The number of imidazole rings is 1. The number of nitrogens with one attached hydrogen (secondary N) is 1. The van der Waals surface area contributed by atoms with Crippen LogP contribution in [0.2, 0.25) is 0 Å². The standard InChI is InChI=1S/C26H27N3O2/c1-19-8-3-4-9-22(19)26(30)27-17-7-12-25-28-23-10-5-6-11-24(23)29(25)18-20-13-15-21(31-2)16-14-20/h3-6,8-11,13-16H,7,12,17-18H2,1-2H3,(H,27,30). The molecule has 3 aromatic carbocycles.